The van der Waals surface area contributed by atoms with Gasteiger partial charge in [0.05, 0.1) is 12.6 Å². The van der Waals surface area contributed by atoms with Gasteiger partial charge in [0.25, 0.3) is 0 Å². The Morgan fingerprint density at radius 1 is 1.62 bits per heavy atom. The first-order chi connectivity index (χ1) is 7.72. The largest absolute Gasteiger partial charge is 0.332 e. The third kappa shape index (κ3) is 2.06. The predicted octanol–water partition coefficient (Wildman–Crippen LogP) is -0.252. The molecule has 0 saturated carbocycles. The van der Waals surface area contributed by atoms with Gasteiger partial charge in [-0.15, -0.1) is 10.2 Å². The lowest BCUT2D eigenvalue weighted by Crippen LogP contribution is -2.46. The van der Waals surface area contributed by atoms with Gasteiger partial charge in [-0.25, -0.2) is 0 Å². The van der Waals surface area contributed by atoms with E-state index in [9.17, 15) is 4.79 Å². The van der Waals surface area contributed by atoms with Crippen molar-refractivity contribution in [1.82, 2.24) is 19.7 Å². The molecule has 1 aliphatic heterocycles. The topological polar surface area (TPSA) is 77.0 Å². The zero-order valence-electron chi connectivity index (χ0n) is 9.46. The van der Waals surface area contributed by atoms with E-state index in [1.165, 1.54) is 0 Å². The first kappa shape index (κ1) is 11.1. The fourth-order valence-corrected chi connectivity index (χ4v) is 1.92. The van der Waals surface area contributed by atoms with Gasteiger partial charge in [-0.05, 0) is 6.42 Å². The Kier molecular flexibility index (Phi) is 3.19. The third-order valence-electron chi connectivity index (χ3n) is 2.87. The molecule has 6 heteroatoms. The van der Waals surface area contributed by atoms with Crippen LogP contribution in [0, 0.1) is 0 Å². The lowest BCUT2D eigenvalue weighted by atomic mass is 10.1. The molecule has 1 aromatic rings. The highest BCUT2D eigenvalue weighted by Crippen LogP contribution is 2.11. The number of rotatable bonds is 3. The number of carbonyl (C=O) groups is 1. The van der Waals surface area contributed by atoms with Crippen LogP contribution < -0.4 is 5.73 Å². The van der Waals surface area contributed by atoms with Crippen molar-refractivity contribution in [3.05, 3.63) is 12.2 Å². The maximum absolute atomic E-state index is 12.0. The summed E-state index contributed by atoms with van der Waals surface area (Å²) in [6, 6.07) is -0.375. The van der Waals surface area contributed by atoms with Crippen molar-refractivity contribution >= 4 is 5.91 Å². The smallest absolute Gasteiger partial charge is 0.239 e. The first-order valence-electron chi connectivity index (χ1n) is 5.63. The summed E-state index contributed by atoms with van der Waals surface area (Å²) in [5.74, 6) is 0.861. The van der Waals surface area contributed by atoms with Crippen LogP contribution in [0.4, 0.5) is 0 Å². The molecule has 0 fully saturated rings. The van der Waals surface area contributed by atoms with E-state index in [1.54, 1.807) is 11.2 Å². The van der Waals surface area contributed by atoms with Gasteiger partial charge >= 0.3 is 0 Å². The van der Waals surface area contributed by atoms with Gasteiger partial charge in [-0.3, -0.25) is 4.79 Å². The monoisotopic (exact) mass is 223 g/mol. The SMILES string of the molecule is CCC[C@H](N)C(=O)N1CCn2cnnc2C1. The number of hydrogen-bond donors (Lipinski definition) is 1. The van der Waals surface area contributed by atoms with E-state index in [0.29, 0.717) is 13.1 Å². The Morgan fingerprint density at radius 3 is 3.19 bits per heavy atom. The molecule has 88 valence electrons. The molecule has 1 aromatic heterocycles. The molecule has 0 unspecified atom stereocenters. The zero-order valence-corrected chi connectivity index (χ0v) is 9.46. The molecule has 0 aromatic carbocycles. The molecule has 2 rings (SSSR count). The first-order valence-corrected chi connectivity index (χ1v) is 5.63. The van der Waals surface area contributed by atoms with Crippen LogP contribution in [0.1, 0.15) is 25.6 Å². The van der Waals surface area contributed by atoms with Gasteiger partial charge in [-0.2, -0.15) is 0 Å². The molecule has 1 atom stereocenters. The summed E-state index contributed by atoms with van der Waals surface area (Å²) in [5.41, 5.74) is 5.82. The molecule has 0 bridgehead atoms. The number of nitrogens with zero attached hydrogens (tertiary/aromatic N) is 4. The van der Waals surface area contributed by atoms with Gasteiger partial charge < -0.3 is 15.2 Å². The molecule has 0 saturated heterocycles. The standard InChI is InChI=1S/C10H17N5O/c1-2-3-8(11)10(16)14-4-5-15-7-12-13-9(15)6-14/h7-8H,2-6,11H2,1H3/t8-/m0/s1. The van der Waals surface area contributed by atoms with Crippen molar-refractivity contribution in [1.29, 1.82) is 0 Å². The molecule has 2 N–H and O–H groups in total. The highest BCUT2D eigenvalue weighted by atomic mass is 16.2. The molecule has 2 heterocycles. The second-order valence-corrected chi connectivity index (χ2v) is 4.10. The fourth-order valence-electron chi connectivity index (χ4n) is 1.92. The van der Waals surface area contributed by atoms with Gasteiger partial charge in [-0.1, -0.05) is 13.3 Å². The summed E-state index contributed by atoms with van der Waals surface area (Å²) in [4.78, 5) is 13.7. The van der Waals surface area contributed by atoms with Crippen LogP contribution in [-0.2, 0) is 17.9 Å². The normalized spacial score (nSPS) is 17.0. The molecule has 1 amide bonds. The van der Waals surface area contributed by atoms with Crippen LogP contribution in [0.5, 0.6) is 0 Å². The van der Waals surface area contributed by atoms with Crippen molar-refractivity contribution in [2.75, 3.05) is 6.54 Å². The van der Waals surface area contributed by atoms with E-state index in [-0.39, 0.29) is 11.9 Å². The lowest BCUT2D eigenvalue weighted by Gasteiger charge is -2.29. The number of fused-ring (bicyclic) bond motifs is 1. The highest BCUT2D eigenvalue weighted by molar-refractivity contribution is 5.81. The van der Waals surface area contributed by atoms with Crippen molar-refractivity contribution in [2.24, 2.45) is 5.73 Å². The number of nitrogens with two attached hydrogens (primary N) is 1. The molecule has 16 heavy (non-hydrogen) atoms. The average molecular weight is 223 g/mol. The number of amides is 1. The van der Waals surface area contributed by atoms with Crippen molar-refractivity contribution < 1.29 is 4.79 Å². The Bertz CT molecular complexity index is 375. The molecule has 6 nitrogen and oxygen atoms in total. The summed E-state index contributed by atoms with van der Waals surface area (Å²) in [5, 5.41) is 7.80. The summed E-state index contributed by atoms with van der Waals surface area (Å²) >= 11 is 0. The van der Waals surface area contributed by atoms with E-state index in [2.05, 4.69) is 10.2 Å². The van der Waals surface area contributed by atoms with Gasteiger partial charge in [0.2, 0.25) is 5.91 Å². The van der Waals surface area contributed by atoms with E-state index in [4.69, 9.17) is 5.73 Å². The minimum atomic E-state index is -0.375. The molecular weight excluding hydrogens is 206 g/mol. The van der Waals surface area contributed by atoms with Crippen LogP contribution in [-0.4, -0.2) is 38.2 Å². The van der Waals surface area contributed by atoms with Gasteiger partial charge in [0.1, 0.15) is 6.33 Å². The molecular formula is C10H17N5O. The predicted molar refractivity (Wildman–Crippen MR) is 58.3 cm³/mol. The Balaban J connectivity index is 2.00. The molecule has 0 radical (unpaired) electrons. The van der Waals surface area contributed by atoms with Crippen LogP contribution in [0.3, 0.4) is 0 Å². The Hall–Kier alpha value is -1.43. The van der Waals surface area contributed by atoms with Crippen molar-refractivity contribution in [2.45, 2.75) is 38.9 Å². The molecule has 0 aliphatic carbocycles. The van der Waals surface area contributed by atoms with Crippen molar-refractivity contribution in [3.8, 4) is 0 Å². The molecule has 0 spiro atoms. The number of carbonyl (C=O) groups excluding carboxylic acids is 1. The van der Waals surface area contributed by atoms with Crippen LogP contribution >= 0.6 is 0 Å². The van der Waals surface area contributed by atoms with E-state index in [1.807, 2.05) is 11.5 Å². The van der Waals surface area contributed by atoms with Crippen LogP contribution in [0.15, 0.2) is 6.33 Å². The maximum Gasteiger partial charge on any atom is 0.239 e. The zero-order chi connectivity index (χ0) is 11.5. The average Bonchev–Trinajstić information content (AvgIpc) is 2.75. The summed E-state index contributed by atoms with van der Waals surface area (Å²) in [6.07, 6.45) is 3.36. The summed E-state index contributed by atoms with van der Waals surface area (Å²) < 4.78 is 1.97. The van der Waals surface area contributed by atoms with E-state index >= 15 is 0 Å². The Labute approximate surface area is 94.4 Å². The maximum atomic E-state index is 12.0. The second-order valence-electron chi connectivity index (χ2n) is 4.10. The lowest BCUT2D eigenvalue weighted by molar-refractivity contribution is -0.134. The summed E-state index contributed by atoms with van der Waals surface area (Å²) in [6.45, 7) is 4.00. The minimum Gasteiger partial charge on any atom is -0.332 e. The van der Waals surface area contributed by atoms with E-state index in [0.717, 1.165) is 25.2 Å². The molecule has 1 aliphatic rings. The highest BCUT2D eigenvalue weighted by Gasteiger charge is 2.25. The Morgan fingerprint density at radius 2 is 2.44 bits per heavy atom. The minimum absolute atomic E-state index is 0.0242. The summed E-state index contributed by atoms with van der Waals surface area (Å²) in [7, 11) is 0. The van der Waals surface area contributed by atoms with Gasteiger partial charge in [0, 0.05) is 13.1 Å². The second kappa shape index (κ2) is 4.61. The van der Waals surface area contributed by atoms with E-state index < -0.39 is 0 Å². The van der Waals surface area contributed by atoms with Gasteiger partial charge in [0.15, 0.2) is 5.82 Å². The van der Waals surface area contributed by atoms with Crippen molar-refractivity contribution in [3.63, 3.8) is 0 Å². The quantitative estimate of drug-likeness (QED) is 0.766. The van der Waals surface area contributed by atoms with Crippen LogP contribution in [0.2, 0.25) is 0 Å². The van der Waals surface area contributed by atoms with Crippen LogP contribution in [0.25, 0.3) is 0 Å². The third-order valence-corrected chi connectivity index (χ3v) is 2.87. The number of aromatic nitrogens is 3. The number of hydrogen-bond acceptors (Lipinski definition) is 4. The fraction of sp³-hybridized carbons (Fsp3) is 0.700.